The molecule has 6 heteroatoms. The molecule has 0 aliphatic carbocycles. The highest BCUT2D eigenvalue weighted by molar-refractivity contribution is 5.63. The molecule has 0 spiro atoms. The Morgan fingerprint density at radius 2 is 0.727 bits per heavy atom. The Morgan fingerprint density at radius 3 is 1.16 bits per heavy atom. The summed E-state index contributed by atoms with van der Waals surface area (Å²) in [6, 6.07) is 46.3. The van der Waals surface area contributed by atoms with Crippen molar-refractivity contribution in [3.63, 3.8) is 0 Å². The van der Waals surface area contributed by atoms with E-state index in [1.165, 1.54) is 11.1 Å². The van der Waals surface area contributed by atoms with Crippen LogP contribution in [-0.4, -0.2) is 26.2 Å². The molecule has 5 aromatic rings. The van der Waals surface area contributed by atoms with Crippen molar-refractivity contribution in [2.24, 2.45) is 0 Å². The van der Waals surface area contributed by atoms with E-state index < -0.39 is 0 Å². The van der Waals surface area contributed by atoms with Gasteiger partial charge in [-0.3, -0.25) is 0 Å². The van der Waals surface area contributed by atoms with E-state index in [2.05, 4.69) is 129 Å². The minimum atomic E-state index is 0.886. The highest BCUT2D eigenvalue weighted by atomic mass is 14.9. The van der Waals surface area contributed by atoms with Crippen LogP contribution < -0.4 is 31.9 Å². The van der Waals surface area contributed by atoms with Crippen molar-refractivity contribution >= 4 is 34.1 Å². The Labute approximate surface area is 262 Å². The highest BCUT2D eigenvalue weighted by Gasteiger charge is 2.00. The number of benzene rings is 5. The minimum absolute atomic E-state index is 0.886. The molecule has 0 atom stereocenters. The molecule has 0 unspecified atom stereocenters. The summed E-state index contributed by atoms with van der Waals surface area (Å²) < 4.78 is 0. The van der Waals surface area contributed by atoms with Crippen LogP contribution in [0.25, 0.3) is 0 Å². The monoisotopic (exact) mass is 584 g/mol. The number of anilines is 6. The Bertz CT molecular complexity index is 1380. The fourth-order valence-corrected chi connectivity index (χ4v) is 4.93. The van der Waals surface area contributed by atoms with Gasteiger partial charge in [-0.25, -0.2) is 0 Å². The van der Waals surface area contributed by atoms with Gasteiger partial charge in [0.25, 0.3) is 0 Å². The average molecular weight is 585 g/mol. The van der Waals surface area contributed by atoms with E-state index in [-0.39, 0.29) is 0 Å². The predicted molar refractivity (Wildman–Crippen MR) is 188 cm³/mol. The van der Waals surface area contributed by atoms with Crippen LogP contribution in [0.3, 0.4) is 0 Å². The van der Waals surface area contributed by atoms with Crippen LogP contribution in [0, 0.1) is 0 Å². The van der Waals surface area contributed by atoms with Crippen LogP contribution in [-0.2, 0) is 13.1 Å². The van der Waals surface area contributed by atoms with Crippen LogP contribution in [0.5, 0.6) is 0 Å². The highest BCUT2D eigenvalue weighted by Crippen LogP contribution is 2.20. The molecule has 5 aromatic carbocycles. The van der Waals surface area contributed by atoms with Gasteiger partial charge in [0, 0.05) is 60.3 Å². The van der Waals surface area contributed by atoms with Crippen LogP contribution in [0.2, 0.25) is 0 Å². The summed E-state index contributed by atoms with van der Waals surface area (Å²) in [7, 11) is 0. The summed E-state index contributed by atoms with van der Waals surface area (Å²) in [5, 5.41) is 21.0. The normalized spacial score (nSPS) is 10.7. The first-order chi connectivity index (χ1) is 21.8. The molecule has 0 amide bonds. The zero-order valence-electron chi connectivity index (χ0n) is 25.4. The molecule has 5 rings (SSSR count). The average Bonchev–Trinajstić information content (AvgIpc) is 3.07. The summed E-state index contributed by atoms with van der Waals surface area (Å²) in [6.45, 7) is 5.60. The number of hydrogen-bond donors (Lipinski definition) is 6. The molecule has 0 aliphatic heterocycles. The smallest absolute Gasteiger partial charge is 0.0385 e. The molecule has 0 heterocycles. The fraction of sp³-hybridized carbons (Fsp3) is 0.211. The minimum Gasteiger partial charge on any atom is -0.385 e. The van der Waals surface area contributed by atoms with E-state index in [0.29, 0.717) is 0 Å². The van der Waals surface area contributed by atoms with E-state index in [1.54, 1.807) is 0 Å². The van der Waals surface area contributed by atoms with Crippen molar-refractivity contribution in [1.82, 2.24) is 10.6 Å². The Hall–Kier alpha value is -4.78. The molecule has 6 N–H and O–H groups in total. The Balaban J connectivity index is 0.898. The first-order valence-electron chi connectivity index (χ1n) is 15.6. The van der Waals surface area contributed by atoms with E-state index in [0.717, 1.165) is 86.2 Å². The van der Waals surface area contributed by atoms with Crippen molar-refractivity contribution in [3.8, 4) is 0 Å². The van der Waals surface area contributed by atoms with Gasteiger partial charge < -0.3 is 31.9 Å². The molecule has 0 saturated heterocycles. The molecule has 0 radical (unpaired) electrons. The molecule has 0 aromatic heterocycles. The molecule has 0 saturated carbocycles. The van der Waals surface area contributed by atoms with Gasteiger partial charge in [0.15, 0.2) is 0 Å². The molecule has 226 valence electrons. The summed E-state index contributed by atoms with van der Waals surface area (Å²) in [6.07, 6.45) is 2.13. The maximum Gasteiger partial charge on any atom is 0.0385 e. The van der Waals surface area contributed by atoms with Gasteiger partial charge in [-0.2, -0.15) is 0 Å². The lowest BCUT2D eigenvalue weighted by molar-refractivity contribution is 0.654. The van der Waals surface area contributed by atoms with Gasteiger partial charge in [-0.15, -0.1) is 0 Å². The third-order valence-electron chi connectivity index (χ3n) is 7.26. The fourth-order valence-electron chi connectivity index (χ4n) is 4.93. The molecular formula is C38H44N6. The second-order valence-electron chi connectivity index (χ2n) is 10.9. The molecule has 0 aliphatic rings. The van der Waals surface area contributed by atoms with Gasteiger partial charge in [0.05, 0.1) is 0 Å². The van der Waals surface area contributed by atoms with Crippen LogP contribution in [0.15, 0.2) is 133 Å². The first-order valence-corrected chi connectivity index (χ1v) is 15.6. The Kier molecular flexibility index (Phi) is 12.1. The summed E-state index contributed by atoms with van der Waals surface area (Å²) in [5.74, 6) is 0. The largest absolute Gasteiger partial charge is 0.385 e. The third-order valence-corrected chi connectivity index (χ3v) is 7.26. The molecule has 0 bridgehead atoms. The lowest BCUT2D eigenvalue weighted by Crippen LogP contribution is -2.19. The summed E-state index contributed by atoms with van der Waals surface area (Å²) in [4.78, 5) is 0. The lowest BCUT2D eigenvalue weighted by atomic mass is 10.1. The zero-order chi connectivity index (χ0) is 30.1. The van der Waals surface area contributed by atoms with Crippen molar-refractivity contribution in [1.29, 1.82) is 0 Å². The zero-order valence-corrected chi connectivity index (χ0v) is 25.4. The van der Waals surface area contributed by atoms with Gasteiger partial charge in [-0.1, -0.05) is 60.7 Å². The molecule has 0 fully saturated rings. The second-order valence-corrected chi connectivity index (χ2v) is 10.9. The van der Waals surface area contributed by atoms with Crippen LogP contribution >= 0.6 is 0 Å². The topological polar surface area (TPSA) is 72.2 Å². The number of hydrogen-bond acceptors (Lipinski definition) is 6. The van der Waals surface area contributed by atoms with Gasteiger partial charge >= 0.3 is 0 Å². The van der Waals surface area contributed by atoms with Crippen molar-refractivity contribution in [3.05, 3.63) is 145 Å². The standard InChI is InChI=1S/C38H44N6/c1-3-12-35(13-4-1)43-37-20-16-33(17-21-37)41-26-8-24-39-29-31-10-7-11-32(28-31)30-40-25-9-27-42-34-18-22-38(23-19-34)44-36-14-5-2-6-15-36/h1-7,10-23,28,39-44H,8-9,24-27,29-30H2. The summed E-state index contributed by atoms with van der Waals surface area (Å²) in [5.41, 5.74) is 9.31. The number of para-hydroxylation sites is 2. The van der Waals surface area contributed by atoms with E-state index in [4.69, 9.17) is 0 Å². The van der Waals surface area contributed by atoms with Crippen LogP contribution in [0.4, 0.5) is 34.1 Å². The molecular weight excluding hydrogens is 540 g/mol. The quantitative estimate of drug-likeness (QED) is 0.0582. The van der Waals surface area contributed by atoms with E-state index in [1.807, 2.05) is 36.4 Å². The van der Waals surface area contributed by atoms with Gasteiger partial charge in [0.2, 0.25) is 0 Å². The van der Waals surface area contributed by atoms with Crippen molar-refractivity contribution < 1.29 is 0 Å². The maximum absolute atomic E-state index is 3.58. The summed E-state index contributed by atoms with van der Waals surface area (Å²) >= 11 is 0. The Morgan fingerprint density at radius 1 is 0.341 bits per heavy atom. The molecule has 6 nitrogen and oxygen atoms in total. The van der Waals surface area contributed by atoms with Crippen molar-refractivity contribution in [2.45, 2.75) is 25.9 Å². The maximum atomic E-state index is 3.58. The molecule has 44 heavy (non-hydrogen) atoms. The van der Waals surface area contributed by atoms with Gasteiger partial charge in [-0.05, 0) is 110 Å². The second kappa shape index (κ2) is 17.4. The third kappa shape index (κ3) is 10.8. The number of rotatable bonds is 18. The van der Waals surface area contributed by atoms with E-state index in [9.17, 15) is 0 Å². The van der Waals surface area contributed by atoms with Gasteiger partial charge in [0.1, 0.15) is 0 Å². The first kappa shape index (κ1) is 30.7. The van der Waals surface area contributed by atoms with Crippen LogP contribution in [0.1, 0.15) is 24.0 Å². The lowest BCUT2D eigenvalue weighted by Gasteiger charge is -2.11. The number of nitrogens with one attached hydrogen (secondary N) is 6. The van der Waals surface area contributed by atoms with Crippen molar-refractivity contribution in [2.75, 3.05) is 47.4 Å². The SMILES string of the molecule is c1ccc(Nc2ccc(NCCCNCc3cccc(CNCCCNc4ccc(Nc5ccccc5)cc4)c3)cc2)cc1. The van der Waals surface area contributed by atoms with E-state index >= 15 is 0 Å². The predicted octanol–water partition coefficient (Wildman–Crippen LogP) is 8.36.